The summed E-state index contributed by atoms with van der Waals surface area (Å²) in [7, 11) is 1.88. The fourth-order valence-electron chi connectivity index (χ4n) is 1.36. The van der Waals surface area contributed by atoms with Gasteiger partial charge < -0.3 is 4.57 Å². The number of hydrogen-bond acceptors (Lipinski definition) is 4. The van der Waals surface area contributed by atoms with Gasteiger partial charge in [0.15, 0.2) is 10.9 Å². The molecule has 0 bridgehead atoms. The number of Topliss-reactive ketones (excluding diaryl/α,β-unsaturated/α-hetero) is 1. The van der Waals surface area contributed by atoms with Crippen molar-refractivity contribution in [2.24, 2.45) is 7.05 Å². The van der Waals surface area contributed by atoms with E-state index >= 15 is 0 Å². The van der Waals surface area contributed by atoms with Crippen LogP contribution in [-0.4, -0.2) is 26.3 Å². The normalized spacial score (nSPS) is 10.6. The van der Waals surface area contributed by atoms with Crippen molar-refractivity contribution in [3.63, 3.8) is 0 Å². The Kier molecular flexibility index (Phi) is 4.04. The topological polar surface area (TPSA) is 47.8 Å². The molecule has 0 spiro atoms. The van der Waals surface area contributed by atoms with E-state index in [0.29, 0.717) is 16.3 Å². The largest absolute Gasteiger partial charge is 0.309 e. The maximum absolute atomic E-state index is 11.9. The Morgan fingerprint density at radius 2 is 2.00 bits per heavy atom. The second-order valence-corrected chi connectivity index (χ2v) is 5.19. The first-order chi connectivity index (χ1) is 8.58. The number of aryl methyl sites for hydroxylation is 1. The average molecular weight is 282 g/mol. The zero-order valence-corrected chi connectivity index (χ0v) is 11.6. The van der Waals surface area contributed by atoms with Gasteiger partial charge in [-0.25, -0.2) is 0 Å². The Morgan fingerprint density at radius 1 is 1.33 bits per heavy atom. The zero-order valence-electron chi connectivity index (χ0n) is 10.1. The number of carbonyl (C=O) groups excluding carboxylic acids is 1. The molecule has 0 N–H and O–H groups in total. The molecule has 0 aliphatic heterocycles. The SMILES string of the molecule is Cc1nnc(SCC(=O)c2ccc(Cl)cc2)n1C. The van der Waals surface area contributed by atoms with Crippen LogP contribution in [0.4, 0.5) is 0 Å². The van der Waals surface area contributed by atoms with Crippen LogP contribution in [0.15, 0.2) is 29.4 Å². The molecule has 1 heterocycles. The van der Waals surface area contributed by atoms with E-state index in [4.69, 9.17) is 11.6 Å². The summed E-state index contributed by atoms with van der Waals surface area (Å²) >= 11 is 7.16. The van der Waals surface area contributed by atoms with Gasteiger partial charge >= 0.3 is 0 Å². The first kappa shape index (κ1) is 13.1. The van der Waals surface area contributed by atoms with Crippen LogP contribution in [0.2, 0.25) is 5.02 Å². The Hall–Kier alpha value is -1.33. The third-order valence-electron chi connectivity index (χ3n) is 2.55. The minimum Gasteiger partial charge on any atom is -0.309 e. The van der Waals surface area contributed by atoms with Gasteiger partial charge in [-0.3, -0.25) is 4.79 Å². The molecule has 2 aromatic rings. The molecule has 0 fully saturated rings. The molecule has 94 valence electrons. The molecule has 0 saturated carbocycles. The lowest BCUT2D eigenvalue weighted by molar-refractivity contribution is 0.102. The summed E-state index contributed by atoms with van der Waals surface area (Å²) in [6.07, 6.45) is 0. The molecule has 1 aromatic heterocycles. The van der Waals surface area contributed by atoms with Crippen molar-refractivity contribution in [2.45, 2.75) is 12.1 Å². The number of halogens is 1. The first-order valence-corrected chi connectivity index (χ1v) is 6.72. The van der Waals surface area contributed by atoms with Crippen LogP contribution in [0.1, 0.15) is 16.2 Å². The highest BCUT2D eigenvalue weighted by atomic mass is 35.5. The molecule has 0 amide bonds. The van der Waals surface area contributed by atoms with E-state index < -0.39 is 0 Å². The Morgan fingerprint density at radius 3 is 2.56 bits per heavy atom. The number of thioether (sulfide) groups is 1. The maximum atomic E-state index is 11.9. The Labute approximate surface area is 114 Å². The van der Waals surface area contributed by atoms with Crippen molar-refractivity contribution in [3.05, 3.63) is 40.7 Å². The smallest absolute Gasteiger partial charge is 0.191 e. The highest BCUT2D eigenvalue weighted by Gasteiger charge is 2.10. The van der Waals surface area contributed by atoms with E-state index in [-0.39, 0.29) is 5.78 Å². The highest BCUT2D eigenvalue weighted by Crippen LogP contribution is 2.18. The van der Waals surface area contributed by atoms with Gasteiger partial charge in [-0.05, 0) is 31.2 Å². The summed E-state index contributed by atoms with van der Waals surface area (Å²) in [5.41, 5.74) is 0.658. The number of nitrogens with zero attached hydrogens (tertiary/aromatic N) is 3. The van der Waals surface area contributed by atoms with E-state index in [9.17, 15) is 4.79 Å². The number of aromatic nitrogens is 3. The quantitative estimate of drug-likeness (QED) is 0.639. The van der Waals surface area contributed by atoms with E-state index in [2.05, 4.69) is 10.2 Å². The molecule has 0 unspecified atom stereocenters. The van der Waals surface area contributed by atoms with Crippen molar-refractivity contribution in [1.82, 2.24) is 14.8 Å². The lowest BCUT2D eigenvalue weighted by atomic mass is 10.1. The zero-order chi connectivity index (χ0) is 13.1. The molecule has 0 aliphatic rings. The van der Waals surface area contributed by atoms with Gasteiger partial charge in [-0.1, -0.05) is 23.4 Å². The molecule has 2 rings (SSSR count). The monoisotopic (exact) mass is 281 g/mol. The van der Waals surface area contributed by atoms with E-state index in [0.717, 1.165) is 11.0 Å². The summed E-state index contributed by atoms with van der Waals surface area (Å²) in [5.74, 6) is 1.22. The summed E-state index contributed by atoms with van der Waals surface area (Å²) in [5, 5.41) is 9.31. The molecule has 0 radical (unpaired) electrons. The van der Waals surface area contributed by atoms with Crippen molar-refractivity contribution < 1.29 is 4.79 Å². The second-order valence-electron chi connectivity index (χ2n) is 3.81. The van der Waals surface area contributed by atoms with Gasteiger partial charge in [-0.15, -0.1) is 10.2 Å². The molecular formula is C12H12ClN3OS. The van der Waals surface area contributed by atoms with Crippen molar-refractivity contribution >= 4 is 29.1 Å². The van der Waals surface area contributed by atoms with Crippen molar-refractivity contribution in [3.8, 4) is 0 Å². The average Bonchev–Trinajstić information content (AvgIpc) is 2.68. The van der Waals surface area contributed by atoms with Gasteiger partial charge in [0.05, 0.1) is 5.75 Å². The fourth-order valence-corrected chi connectivity index (χ4v) is 2.34. The van der Waals surface area contributed by atoms with Gasteiger partial charge in [0.25, 0.3) is 0 Å². The predicted molar refractivity (Wildman–Crippen MR) is 72.2 cm³/mol. The van der Waals surface area contributed by atoms with Gasteiger partial charge in [0.2, 0.25) is 0 Å². The standard InChI is InChI=1S/C12H12ClN3OS/c1-8-14-15-12(16(8)2)18-7-11(17)9-3-5-10(13)6-4-9/h3-6H,7H2,1-2H3. The number of carbonyl (C=O) groups is 1. The predicted octanol–water partition coefficient (Wildman–Crippen LogP) is 2.75. The lowest BCUT2D eigenvalue weighted by Gasteiger charge is -2.02. The molecular weight excluding hydrogens is 270 g/mol. The molecule has 18 heavy (non-hydrogen) atoms. The van der Waals surface area contributed by atoms with Crippen LogP contribution in [0.3, 0.4) is 0 Å². The van der Waals surface area contributed by atoms with E-state index in [1.54, 1.807) is 24.3 Å². The summed E-state index contributed by atoms with van der Waals surface area (Å²) in [6, 6.07) is 6.89. The first-order valence-electron chi connectivity index (χ1n) is 5.35. The minimum atomic E-state index is 0.0531. The van der Waals surface area contributed by atoms with Crippen LogP contribution in [0.25, 0.3) is 0 Å². The summed E-state index contributed by atoms with van der Waals surface area (Å²) < 4.78 is 1.86. The van der Waals surface area contributed by atoms with Gasteiger partial charge in [0.1, 0.15) is 5.82 Å². The van der Waals surface area contributed by atoms with Crippen LogP contribution in [-0.2, 0) is 7.05 Å². The van der Waals surface area contributed by atoms with E-state index in [1.165, 1.54) is 11.8 Å². The second kappa shape index (κ2) is 5.54. The van der Waals surface area contributed by atoms with Gasteiger partial charge in [-0.2, -0.15) is 0 Å². The number of ketones is 1. The van der Waals surface area contributed by atoms with E-state index in [1.807, 2.05) is 18.5 Å². The van der Waals surface area contributed by atoms with Crippen LogP contribution in [0, 0.1) is 6.92 Å². The maximum Gasteiger partial charge on any atom is 0.191 e. The number of rotatable bonds is 4. The lowest BCUT2D eigenvalue weighted by Crippen LogP contribution is -2.03. The Bertz CT molecular complexity index is 565. The van der Waals surface area contributed by atoms with Gasteiger partial charge in [0, 0.05) is 17.6 Å². The van der Waals surface area contributed by atoms with Crippen molar-refractivity contribution in [2.75, 3.05) is 5.75 Å². The summed E-state index contributed by atoms with van der Waals surface area (Å²) in [4.78, 5) is 11.9. The number of hydrogen-bond donors (Lipinski definition) is 0. The van der Waals surface area contributed by atoms with Crippen LogP contribution < -0.4 is 0 Å². The number of benzene rings is 1. The fraction of sp³-hybridized carbons (Fsp3) is 0.250. The molecule has 4 nitrogen and oxygen atoms in total. The third kappa shape index (κ3) is 2.91. The van der Waals surface area contributed by atoms with Crippen LogP contribution >= 0.6 is 23.4 Å². The highest BCUT2D eigenvalue weighted by molar-refractivity contribution is 7.99. The molecule has 0 atom stereocenters. The molecule has 6 heteroatoms. The third-order valence-corrected chi connectivity index (χ3v) is 3.82. The van der Waals surface area contributed by atoms with Crippen molar-refractivity contribution in [1.29, 1.82) is 0 Å². The molecule has 0 saturated heterocycles. The van der Waals surface area contributed by atoms with Crippen LogP contribution in [0.5, 0.6) is 0 Å². The molecule has 1 aromatic carbocycles. The molecule has 0 aliphatic carbocycles. The minimum absolute atomic E-state index is 0.0531. The Balaban J connectivity index is 2.00. The summed E-state index contributed by atoms with van der Waals surface area (Å²) in [6.45, 7) is 1.87.